The number of sulfonamides is 1. The van der Waals surface area contributed by atoms with Crippen LogP contribution in [0, 0.1) is 0 Å². The predicted octanol–water partition coefficient (Wildman–Crippen LogP) is 3.59. The van der Waals surface area contributed by atoms with Crippen LogP contribution in [0.1, 0.15) is 13.8 Å². The zero-order chi connectivity index (χ0) is 16.0. The summed E-state index contributed by atoms with van der Waals surface area (Å²) in [7, 11) is -3.24. The molecule has 2 N–H and O–H groups in total. The molecule has 5 nitrogen and oxygen atoms in total. The van der Waals surface area contributed by atoms with Gasteiger partial charge in [0.25, 0.3) is 0 Å². The van der Waals surface area contributed by atoms with E-state index in [4.69, 9.17) is 4.74 Å². The third-order valence-electron chi connectivity index (χ3n) is 2.99. The molecule has 0 aliphatic heterocycles. The topological polar surface area (TPSA) is 67.4 Å². The summed E-state index contributed by atoms with van der Waals surface area (Å²) in [6.07, 6.45) is 0. The number of hydrogen-bond donors (Lipinski definition) is 2. The van der Waals surface area contributed by atoms with Crippen molar-refractivity contribution >= 4 is 27.1 Å². The fourth-order valence-electron chi connectivity index (χ4n) is 1.84. The molecule has 6 heteroatoms. The summed E-state index contributed by atoms with van der Waals surface area (Å²) in [5.41, 5.74) is 2.37. The lowest BCUT2D eigenvalue weighted by molar-refractivity contribution is 0.340. The van der Waals surface area contributed by atoms with Crippen molar-refractivity contribution in [3.63, 3.8) is 0 Å². The van der Waals surface area contributed by atoms with Gasteiger partial charge in [-0.3, -0.25) is 4.72 Å². The Labute approximate surface area is 131 Å². The van der Waals surface area contributed by atoms with Gasteiger partial charge in [-0.2, -0.15) is 0 Å². The Morgan fingerprint density at radius 3 is 1.86 bits per heavy atom. The number of hydrogen-bond acceptors (Lipinski definition) is 4. The van der Waals surface area contributed by atoms with Crippen LogP contribution >= 0.6 is 0 Å². The lowest BCUT2D eigenvalue weighted by atomic mass is 10.2. The van der Waals surface area contributed by atoms with Crippen LogP contribution in [0.3, 0.4) is 0 Å². The molecular formula is C16H20N2O3S. The minimum absolute atomic E-state index is 0.0547. The molecule has 22 heavy (non-hydrogen) atoms. The van der Waals surface area contributed by atoms with Crippen LogP contribution < -0.4 is 14.8 Å². The van der Waals surface area contributed by atoms with Crippen LogP contribution in [0.25, 0.3) is 0 Å². The van der Waals surface area contributed by atoms with E-state index in [-0.39, 0.29) is 5.75 Å². The van der Waals surface area contributed by atoms with Crippen LogP contribution in [-0.2, 0) is 10.0 Å². The third-order valence-corrected chi connectivity index (χ3v) is 4.30. The van der Waals surface area contributed by atoms with Crippen LogP contribution in [0.2, 0.25) is 0 Å². The Bertz CT molecular complexity index is 695. The number of rotatable bonds is 7. The standard InChI is InChI=1S/C16H20N2O3S/c1-3-21-16-11-9-14(10-12-16)17-13-5-7-15(8-6-13)18-22(19,20)4-2/h5-12,17-18H,3-4H2,1-2H3. The molecule has 0 heterocycles. The molecular weight excluding hydrogens is 300 g/mol. The maximum absolute atomic E-state index is 11.5. The lowest BCUT2D eigenvalue weighted by Crippen LogP contribution is -2.14. The molecule has 118 valence electrons. The van der Waals surface area contributed by atoms with E-state index in [0.717, 1.165) is 17.1 Å². The number of benzene rings is 2. The molecule has 2 aromatic rings. The Kier molecular flexibility index (Phi) is 5.27. The third kappa shape index (κ3) is 4.66. The maximum atomic E-state index is 11.5. The molecule has 0 spiro atoms. The summed E-state index contributed by atoms with van der Waals surface area (Å²) in [6, 6.07) is 14.8. The summed E-state index contributed by atoms with van der Waals surface area (Å²) < 4.78 is 30.9. The molecule has 0 aromatic heterocycles. The van der Waals surface area contributed by atoms with E-state index in [2.05, 4.69) is 10.0 Å². The maximum Gasteiger partial charge on any atom is 0.232 e. The first kappa shape index (κ1) is 16.2. The minimum Gasteiger partial charge on any atom is -0.494 e. The molecule has 0 bridgehead atoms. The predicted molar refractivity (Wildman–Crippen MR) is 90.4 cm³/mol. The Hall–Kier alpha value is -2.21. The summed E-state index contributed by atoms with van der Waals surface area (Å²) in [5, 5.41) is 3.24. The Balaban J connectivity index is 2.01. The minimum atomic E-state index is -3.24. The average Bonchev–Trinajstić information content (AvgIpc) is 2.51. The van der Waals surface area contributed by atoms with Crippen molar-refractivity contribution in [3.8, 4) is 5.75 Å². The first-order valence-electron chi connectivity index (χ1n) is 7.13. The van der Waals surface area contributed by atoms with Gasteiger partial charge in [-0.15, -0.1) is 0 Å². The van der Waals surface area contributed by atoms with E-state index in [0.29, 0.717) is 12.3 Å². The number of ether oxygens (including phenoxy) is 1. The van der Waals surface area contributed by atoms with Gasteiger partial charge in [-0.25, -0.2) is 8.42 Å². The summed E-state index contributed by atoms with van der Waals surface area (Å²) in [6.45, 7) is 4.19. The molecule has 0 unspecified atom stereocenters. The summed E-state index contributed by atoms with van der Waals surface area (Å²) in [4.78, 5) is 0. The highest BCUT2D eigenvalue weighted by Crippen LogP contribution is 2.21. The van der Waals surface area contributed by atoms with Gasteiger partial charge >= 0.3 is 0 Å². The second kappa shape index (κ2) is 7.17. The second-order valence-electron chi connectivity index (χ2n) is 4.67. The van der Waals surface area contributed by atoms with Gasteiger partial charge in [0, 0.05) is 17.1 Å². The monoisotopic (exact) mass is 320 g/mol. The van der Waals surface area contributed by atoms with Crippen molar-refractivity contribution in [2.24, 2.45) is 0 Å². The zero-order valence-corrected chi connectivity index (χ0v) is 13.5. The largest absolute Gasteiger partial charge is 0.494 e. The van der Waals surface area contributed by atoms with Gasteiger partial charge in [0.1, 0.15) is 5.75 Å². The number of nitrogens with one attached hydrogen (secondary N) is 2. The van der Waals surface area contributed by atoms with Crippen LogP contribution in [0.5, 0.6) is 5.75 Å². The van der Waals surface area contributed by atoms with Crippen molar-refractivity contribution in [1.29, 1.82) is 0 Å². The first-order chi connectivity index (χ1) is 10.5. The molecule has 0 atom stereocenters. The molecule has 0 aliphatic rings. The van der Waals surface area contributed by atoms with Crippen molar-refractivity contribution < 1.29 is 13.2 Å². The summed E-state index contributed by atoms with van der Waals surface area (Å²) in [5.74, 6) is 0.886. The fraction of sp³-hybridized carbons (Fsp3) is 0.250. The van der Waals surface area contributed by atoms with Gasteiger partial charge < -0.3 is 10.1 Å². The first-order valence-corrected chi connectivity index (χ1v) is 8.78. The fourth-order valence-corrected chi connectivity index (χ4v) is 2.48. The van der Waals surface area contributed by atoms with E-state index < -0.39 is 10.0 Å². The zero-order valence-electron chi connectivity index (χ0n) is 12.7. The second-order valence-corrected chi connectivity index (χ2v) is 6.68. The molecule has 0 radical (unpaired) electrons. The van der Waals surface area contributed by atoms with E-state index in [1.165, 1.54) is 0 Å². The van der Waals surface area contributed by atoms with E-state index in [9.17, 15) is 8.42 Å². The molecule has 0 saturated carbocycles. The van der Waals surface area contributed by atoms with Crippen LogP contribution in [-0.4, -0.2) is 20.8 Å². The molecule has 0 aliphatic carbocycles. The lowest BCUT2D eigenvalue weighted by Gasteiger charge is -2.10. The molecule has 2 rings (SSSR count). The van der Waals surface area contributed by atoms with Crippen molar-refractivity contribution in [1.82, 2.24) is 0 Å². The molecule has 2 aromatic carbocycles. The normalized spacial score (nSPS) is 11.0. The quantitative estimate of drug-likeness (QED) is 0.818. The highest BCUT2D eigenvalue weighted by molar-refractivity contribution is 7.92. The van der Waals surface area contributed by atoms with Crippen LogP contribution in [0.4, 0.5) is 17.1 Å². The number of anilines is 3. The van der Waals surface area contributed by atoms with E-state index in [1.807, 2.05) is 43.3 Å². The van der Waals surface area contributed by atoms with Gasteiger partial charge in [0.15, 0.2) is 0 Å². The molecule has 0 fully saturated rings. The molecule has 0 saturated heterocycles. The average molecular weight is 320 g/mol. The van der Waals surface area contributed by atoms with E-state index in [1.54, 1.807) is 19.1 Å². The molecule has 0 amide bonds. The Morgan fingerprint density at radius 2 is 1.36 bits per heavy atom. The van der Waals surface area contributed by atoms with Gasteiger partial charge in [0.2, 0.25) is 10.0 Å². The van der Waals surface area contributed by atoms with Crippen molar-refractivity contribution in [3.05, 3.63) is 48.5 Å². The Morgan fingerprint density at radius 1 is 0.864 bits per heavy atom. The van der Waals surface area contributed by atoms with Crippen molar-refractivity contribution in [2.45, 2.75) is 13.8 Å². The van der Waals surface area contributed by atoms with Gasteiger partial charge in [-0.1, -0.05) is 0 Å². The SMILES string of the molecule is CCOc1ccc(Nc2ccc(NS(=O)(=O)CC)cc2)cc1. The highest BCUT2D eigenvalue weighted by atomic mass is 32.2. The van der Waals surface area contributed by atoms with Gasteiger partial charge in [0.05, 0.1) is 12.4 Å². The van der Waals surface area contributed by atoms with Crippen molar-refractivity contribution in [2.75, 3.05) is 22.4 Å². The van der Waals surface area contributed by atoms with Crippen LogP contribution in [0.15, 0.2) is 48.5 Å². The van der Waals surface area contributed by atoms with Gasteiger partial charge in [-0.05, 0) is 62.4 Å². The smallest absolute Gasteiger partial charge is 0.232 e. The highest BCUT2D eigenvalue weighted by Gasteiger charge is 2.06. The summed E-state index contributed by atoms with van der Waals surface area (Å²) >= 11 is 0. The van der Waals surface area contributed by atoms with E-state index >= 15 is 0 Å².